The Morgan fingerprint density at radius 2 is 2.22 bits per heavy atom. The minimum atomic E-state index is -0.794. The van der Waals surface area contributed by atoms with Crippen LogP contribution < -0.4 is 5.32 Å². The lowest BCUT2D eigenvalue weighted by Gasteiger charge is -2.20. The molecule has 0 aromatic heterocycles. The Labute approximate surface area is 113 Å². The van der Waals surface area contributed by atoms with Crippen LogP contribution in [0.2, 0.25) is 5.02 Å². The molecule has 1 unspecified atom stereocenters. The lowest BCUT2D eigenvalue weighted by molar-refractivity contribution is -0.139. The fraction of sp³-hybridized carbons (Fsp3) is 0.500. The zero-order valence-corrected chi connectivity index (χ0v) is 11.6. The van der Waals surface area contributed by atoms with Gasteiger partial charge in [-0.05, 0) is 31.0 Å². The summed E-state index contributed by atoms with van der Waals surface area (Å²) >= 11 is 5.93. The fourth-order valence-corrected chi connectivity index (χ4v) is 2.06. The van der Waals surface area contributed by atoms with E-state index in [1.165, 1.54) is 0 Å². The number of carboxylic acid groups (broad SMARTS) is 1. The van der Waals surface area contributed by atoms with Crippen LogP contribution in [0, 0.1) is 0 Å². The van der Waals surface area contributed by atoms with Crippen molar-refractivity contribution in [2.45, 2.75) is 45.2 Å². The Morgan fingerprint density at radius 3 is 2.78 bits per heavy atom. The Bertz CT molecular complexity index is 395. The van der Waals surface area contributed by atoms with Crippen molar-refractivity contribution in [2.24, 2.45) is 0 Å². The molecular formula is C14H20ClNO2. The number of aliphatic carboxylic acids is 1. The Kier molecular flexibility index (Phi) is 6.16. The van der Waals surface area contributed by atoms with Gasteiger partial charge in [-0.25, -0.2) is 0 Å². The summed E-state index contributed by atoms with van der Waals surface area (Å²) in [6.45, 7) is 4.01. The summed E-state index contributed by atoms with van der Waals surface area (Å²) in [7, 11) is 0. The van der Waals surface area contributed by atoms with Gasteiger partial charge in [-0.15, -0.1) is 0 Å². The van der Waals surface area contributed by atoms with Crippen molar-refractivity contribution in [1.29, 1.82) is 0 Å². The summed E-state index contributed by atoms with van der Waals surface area (Å²) in [4.78, 5) is 11.2. The van der Waals surface area contributed by atoms with Crippen LogP contribution in [0.5, 0.6) is 0 Å². The summed E-state index contributed by atoms with van der Waals surface area (Å²) < 4.78 is 0. The monoisotopic (exact) mass is 269 g/mol. The topological polar surface area (TPSA) is 49.3 Å². The molecule has 1 aromatic rings. The molecule has 2 N–H and O–H groups in total. The number of hydrogen-bond donors (Lipinski definition) is 2. The quantitative estimate of drug-likeness (QED) is 0.795. The minimum absolute atomic E-state index is 0.0262. The molecule has 0 saturated heterocycles. The van der Waals surface area contributed by atoms with Crippen LogP contribution in [-0.4, -0.2) is 17.1 Å². The summed E-state index contributed by atoms with van der Waals surface area (Å²) in [5.41, 5.74) is 1.00. The second-order valence-corrected chi connectivity index (χ2v) is 4.91. The van der Waals surface area contributed by atoms with E-state index in [-0.39, 0.29) is 6.04 Å². The zero-order valence-electron chi connectivity index (χ0n) is 10.8. The van der Waals surface area contributed by atoms with E-state index in [4.69, 9.17) is 16.7 Å². The van der Waals surface area contributed by atoms with E-state index in [2.05, 4.69) is 12.2 Å². The molecule has 0 spiro atoms. The molecule has 0 aliphatic carbocycles. The van der Waals surface area contributed by atoms with Crippen molar-refractivity contribution >= 4 is 17.6 Å². The number of unbranched alkanes of at least 4 members (excludes halogenated alkanes) is 1. The molecule has 1 rings (SSSR count). The maximum atomic E-state index is 11.2. The van der Waals surface area contributed by atoms with Gasteiger partial charge < -0.3 is 5.11 Å². The standard InChI is InChI=1S/C14H20ClNO2/c1-3-4-8-13(14(17)18)16-10(2)11-6-5-7-12(15)9-11/h5-7,9-10,13,16H,3-4,8H2,1-2H3,(H,17,18)/t10-,13?/m1/s1. The molecule has 0 saturated carbocycles. The molecular weight excluding hydrogens is 250 g/mol. The Morgan fingerprint density at radius 1 is 1.50 bits per heavy atom. The smallest absolute Gasteiger partial charge is 0.320 e. The highest BCUT2D eigenvalue weighted by atomic mass is 35.5. The number of benzene rings is 1. The van der Waals surface area contributed by atoms with Crippen LogP contribution in [0.15, 0.2) is 24.3 Å². The van der Waals surface area contributed by atoms with Crippen LogP contribution >= 0.6 is 11.6 Å². The van der Waals surface area contributed by atoms with Gasteiger partial charge in [0.1, 0.15) is 6.04 Å². The average molecular weight is 270 g/mol. The van der Waals surface area contributed by atoms with E-state index < -0.39 is 12.0 Å². The molecule has 2 atom stereocenters. The number of halogens is 1. The summed E-state index contributed by atoms with van der Waals surface area (Å²) in [6.07, 6.45) is 2.56. The van der Waals surface area contributed by atoms with Gasteiger partial charge in [-0.1, -0.05) is 43.5 Å². The second-order valence-electron chi connectivity index (χ2n) is 4.48. The molecule has 0 heterocycles. The highest BCUT2D eigenvalue weighted by molar-refractivity contribution is 6.30. The number of carboxylic acids is 1. The normalized spacial score (nSPS) is 14.2. The molecule has 0 bridgehead atoms. The van der Waals surface area contributed by atoms with Crippen molar-refractivity contribution in [2.75, 3.05) is 0 Å². The number of hydrogen-bond acceptors (Lipinski definition) is 2. The third kappa shape index (κ3) is 4.67. The molecule has 3 nitrogen and oxygen atoms in total. The van der Waals surface area contributed by atoms with Crippen molar-refractivity contribution in [1.82, 2.24) is 5.32 Å². The van der Waals surface area contributed by atoms with Gasteiger partial charge in [-0.2, -0.15) is 0 Å². The highest BCUT2D eigenvalue weighted by Crippen LogP contribution is 2.18. The van der Waals surface area contributed by atoms with Gasteiger partial charge >= 0.3 is 5.97 Å². The van der Waals surface area contributed by atoms with Gasteiger partial charge in [0.15, 0.2) is 0 Å². The number of rotatable bonds is 7. The molecule has 0 amide bonds. The predicted octanol–water partition coefficient (Wildman–Crippen LogP) is 3.63. The zero-order chi connectivity index (χ0) is 13.5. The second kappa shape index (κ2) is 7.39. The highest BCUT2D eigenvalue weighted by Gasteiger charge is 2.19. The van der Waals surface area contributed by atoms with Crippen LogP contribution in [0.25, 0.3) is 0 Å². The van der Waals surface area contributed by atoms with Gasteiger partial charge in [-0.3, -0.25) is 10.1 Å². The van der Waals surface area contributed by atoms with Gasteiger partial charge in [0.05, 0.1) is 0 Å². The largest absolute Gasteiger partial charge is 0.480 e. The lowest BCUT2D eigenvalue weighted by atomic mass is 10.0. The van der Waals surface area contributed by atoms with Crippen molar-refractivity contribution in [3.05, 3.63) is 34.9 Å². The molecule has 4 heteroatoms. The van der Waals surface area contributed by atoms with E-state index in [9.17, 15) is 4.79 Å². The summed E-state index contributed by atoms with van der Waals surface area (Å²) in [5, 5.41) is 13.0. The van der Waals surface area contributed by atoms with Crippen LogP contribution in [0.3, 0.4) is 0 Å². The van der Waals surface area contributed by atoms with Gasteiger partial charge in [0.2, 0.25) is 0 Å². The van der Waals surface area contributed by atoms with Gasteiger partial charge in [0.25, 0.3) is 0 Å². The van der Waals surface area contributed by atoms with E-state index in [0.29, 0.717) is 11.4 Å². The van der Waals surface area contributed by atoms with Gasteiger partial charge in [0, 0.05) is 11.1 Å². The SMILES string of the molecule is CCCCC(N[C@H](C)c1cccc(Cl)c1)C(=O)O. The van der Waals surface area contributed by atoms with Crippen molar-refractivity contribution < 1.29 is 9.90 Å². The Hall–Kier alpha value is -1.06. The van der Waals surface area contributed by atoms with E-state index in [1.807, 2.05) is 31.2 Å². The van der Waals surface area contributed by atoms with E-state index in [1.54, 1.807) is 0 Å². The average Bonchev–Trinajstić information content (AvgIpc) is 2.33. The van der Waals surface area contributed by atoms with Crippen LogP contribution in [0.4, 0.5) is 0 Å². The summed E-state index contributed by atoms with van der Waals surface area (Å²) in [5.74, 6) is -0.794. The third-order valence-electron chi connectivity index (χ3n) is 2.94. The first kappa shape index (κ1) is 15.0. The first-order chi connectivity index (χ1) is 8.54. The molecule has 100 valence electrons. The van der Waals surface area contributed by atoms with E-state index >= 15 is 0 Å². The maximum Gasteiger partial charge on any atom is 0.320 e. The minimum Gasteiger partial charge on any atom is -0.480 e. The van der Waals surface area contributed by atoms with Crippen LogP contribution in [-0.2, 0) is 4.79 Å². The first-order valence-electron chi connectivity index (χ1n) is 6.29. The third-order valence-corrected chi connectivity index (χ3v) is 3.18. The molecule has 1 aromatic carbocycles. The van der Waals surface area contributed by atoms with E-state index in [0.717, 1.165) is 18.4 Å². The molecule has 0 aliphatic heterocycles. The molecule has 0 fully saturated rings. The molecule has 0 radical (unpaired) electrons. The maximum absolute atomic E-state index is 11.2. The van der Waals surface area contributed by atoms with Crippen LogP contribution in [0.1, 0.15) is 44.7 Å². The van der Waals surface area contributed by atoms with Crippen molar-refractivity contribution in [3.63, 3.8) is 0 Å². The predicted molar refractivity (Wildman–Crippen MR) is 74.0 cm³/mol. The fourth-order valence-electron chi connectivity index (χ4n) is 1.86. The summed E-state index contributed by atoms with van der Waals surface area (Å²) in [6, 6.07) is 6.96. The lowest BCUT2D eigenvalue weighted by Crippen LogP contribution is -2.38. The number of nitrogens with one attached hydrogen (secondary N) is 1. The molecule has 0 aliphatic rings. The number of carbonyl (C=O) groups is 1. The Balaban J connectivity index is 2.65. The van der Waals surface area contributed by atoms with Crippen molar-refractivity contribution in [3.8, 4) is 0 Å². The first-order valence-corrected chi connectivity index (χ1v) is 6.66. The molecule has 18 heavy (non-hydrogen) atoms.